The van der Waals surface area contributed by atoms with E-state index in [1.807, 2.05) is 18.2 Å². The highest BCUT2D eigenvalue weighted by Crippen LogP contribution is 2.31. The summed E-state index contributed by atoms with van der Waals surface area (Å²) in [7, 11) is 0. The van der Waals surface area contributed by atoms with Crippen molar-refractivity contribution in [2.45, 2.75) is 32.6 Å². The predicted octanol–water partition coefficient (Wildman–Crippen LogP) is 2.30. The van der Waals surface area contributed by atoms with Gasteiger partial charge in [0.25, 0.3) is 0 Å². The molecule has 0 saturated carbocycles. The van der Waals surface area contributed by atoms with Gasteiger partial charge in [0.15, 0.2) is 0 Å². The number of carboxylic acid groups (broad SMARTS) is 1. The number of aliphatic carboxylic acids is 1. The monoisotopic (exact) mass is 305 g/mol. The summed E-state index contributed by atoms with van der Waals surface area (Å²) >= 11 is 0. The van der Waals surface area contributed by atoms with Gasteiger partial charge in [-0.25, -0.2) is 4.79 Å². The summed E-state index contributed by atoms with van der Waals surface area (Å²) in [5.41, 5.74) is 1.14. The molecule has 2 rings (SSSR count). The van der Waals surface area contributed by atoms with Crippen LogP contribution in [0.4, 0.5) is 0 Å². The van der Waals surface area contributed by atoms with Crippen LogP contribution in [0, 0.1) is 5.92 Å². The third-order valence-corrected chi connectivity index (χ3v) is 3.93. The molecular formula is C17H23NO4. The third kappa shape index (κ3) is 3.78. The number of amides is 1. The number of likely N-dealkylation sites (tertiary alicyclic amines) is 1. The van der Waals surface area contributed by atoms with Crippen LogP contribution in [0.2, 0.25) is 0 Å². The molecule has 1 aromatic carbocycles. The van der Waals surface area contributed by atoms with Crippen LogP contribution in [-0.2, 0) is 15.0 Å². The van der Waals surface area contributed by atoms with E-state index in [1.54, 1.807) is 0 Å². The second-order valence-electron chi connectivity index (χ2n) is 6.77. The van der Waals surface area contributed by atoms with E-state index in [0.29, 0.717) is 19.7 Å². The molecule has 0 radical (unpaired) electrons. The van der Waals surface area contributed by atoms with E-state index in [1.165, 1.54) is 4.90 Å². The van der Waals surface area contributed by atoms with Crippen molar-refractivity contribution in [2.24, 2.45) is 5.92 Å². The summed E-state index contributed by atoms with van der Waals surface area (Å²) < 4.78 is 5.95. The fourth-order valence-electron chi connectivity index (χ4n) is 2.71. The molecule has 1 heterocycles. The normalized spacial score (nSPS) is 18.3. The average Bonchev–Trinajstić information content (AvgIpc) is 2.92. The first kappa shape index (κ1) is 16.3. The van der Waals surface area contributed by atoms with Crippen LogP contribution in [0.1, 0.15) is 32.8 Å². The maximum atomic E-state index is 11.4. The largest absolute Gasteiger partial charge is 0.493 e. The molecule has 5 heteroatoms. The van der Waals surface area contributed by atoms with Crippen LogP contribution >= 0.6 is 0 Å². The molecule has 1 atom stereocenters. The summed E-state index contributed by atoms with van der Waals surface area (Å²) in [6.45, 7) is 7.84. The maximum Gasteiger partial charge on any atom is 0.394 e. The molecule has 120 valence electrons. The van der Waals surface area contributed by atoms with Crippen molar-refractivity contribution in [1.29, 1.82) is 0 Å². The van der Waals surface area contributed by atoms with Crippen LogP contribution in [0.5, 0.6) is 5.75 Å². The quantitative estimate of drug-likeness (QED) is 0.870. The van der Waals surface area contributed by atoms with E-state index in [4.69, 9.17) is 9.84 Å². The zero-order valence-corrected chi connectivity index (χ0v) is 13.3. The minimum Gasteiger partial charge on any atom is -0.493 e. The second-order valence-corrected chi connectivity index (χ2v) is 6.77. The Balaban J connectivity index is 1.95. The molecular weight excluding hydrogens is 282 g/mol. The molecule has 22 heavy (non-hydrogen) atoms. The van der Waals surface area contributed by atoms with Gasteiger partial charge in [-0.15, -0.1) is 0 Å². The van der Waals surface area contributed by atoms with Crippen molar-refractivity contribution in [1.82, 2.24) is 4.90 Å². The van der Waals surface area contributed by atoms with Gasteiger partial charge in [0, 0.05) is 19.0 Å². The Morgan fingerprint density at radius 3 is 2.64 bits per heavy atom. The number of benzene rings is 1. The molecule has 1 aliphatic rings. The number of rotatable bonds is 3. The highest BCUT2D eigenvalue weighted by molar-refractivity contribution is 6.31. The van der Waals surface area contributed by atoms with Gasteiger partial charge in [-0.05, 0) is 23.5 Å². The molecule has 0 aliphatic carbocycles. The molecule has 1 unspecified atom stereocenters. The Morgan fingerprint density at radius 2 is 2.00 bits per heavy atom. The molecule has 1 aromatic rings. The molecule has 0 spiro atoms. The number of carbonyl (C=O) groups is 2. The van der Waals surface area contributed by atoms with E-state index >= 15 is 0 Å². The average molecular weight is 305 g/mol. The minimum absolute atomic E-state index is 0.00240. The van der Waals surface area contributed by atoms with Crippen molar-refractivity contribution >= 4 is 11.9 Å². The van der Waals surface area contributed by atoms with E-state index in [9.17, 15) is 9.59 Å². The Kier molecular flexibility index (Phi) is 4.74. The molecule has 0 bridgehead atoms. The van der Waals surface area contributed by atoms with Gasteiger partial charge in [-0.2, -0.15) is 0 Å². The fourth-order valence-corrected chi connectivity index (χ4v) is 2.71. The number of nitrogens with zero attached hydrogens (tertiary/aromatic N) is 1. The lowest BCUT2D eigenvalue weighted by atomic mass is 9.86. The van der Waals surface area contributed by atoms with Crippen LogP contribution < -0.4 is 4.74 Å². The Bertz CT molecular complexity index is 562. The van der Waals surface area contributed by atoms with Crippen molar-refractivity contribution in [3.8, 4) is 5.75 Å². The lowest BCUT2D eigenvalue weighted by Crippen LogP contribution is -2.35. The van der Waals surface area contributed by atoms with Crippen LogP contribution in [0.15, 0.2) is 24.3 Å². The van der Waals surface area contributed by atoms with Crippen LogP contribution in [0.25, 0.3) is 0 Å². The van der Waals surface area contributed by atoms with E-state index in [0.717, 1.165) is 17.7 Å². The number of ether oxygens (including phenoxy) is 1. The molecule has 0 aromatic heterocycles. The van der Waals surface area contributed by atoms with E-state index < -0.39 is 11.9 Å². The highest BCUT2D eigenvalue weighted by atomic mass is 16.5. The second kappa shape index (κ2) is 6.38. The molecule has 1 fully saturated rings. The van der Waals surface area contributed by atoms with Crippen molar-refractivity contribution < 1.29 is 19.4 Å². The van der Waals surface area contributed by atoms with Gasteiger partial charge < -0.3 is 14.7 Å². The van der Waals surface area contributed by atoms with E-state index in [-0.39, 0.29) is 11.3 Å². The highest BCUT2D eigenvalue weighted by Gasteiger charge is 2.30. The third-order valence-electron chi connectivity index (χ3n) is 3.93. The first-order valence-electron chi connectivity index (χ1n) is 7.53. The number of carbonyl (C=O) groups excluding carboxylic acids is 1. The molecule has 1 aliphatic heterocycles. The summed E-state index contributed by atoms with van der Waals surface area (Å²) in [6, 6.07) is 7.95. The van der Waals surface area contributed by atoms with Gasteiger partial charge in [0.05, 0.1) is 6.61 Å². The number of carboxylic acids is 1. The van der Waals surface area contributed by atoms with Crippen molar-refractivity contribution in [2.75, 3.05) is 19.7 Å². The van der Waals surface area contributed by atoms with Crippen LogP contribution in [0.3, 0.4) is 0 Å². The topological polar surface area (TPSA) is 66.8 Å². The summed E-state index contributed by atoms with van der Waals surface area (Å²) in [5, 5.41) is 8.74. The standard InChI is InChI=1S/C17H23NO4/c1-17(2,3)13-6-4-5-7-14(13)22-11-12-8-9-18(10-12)15(19)16(20)21/h4-7,12H,8-11H2,1-3H3,(H,20,21). The van der Waals surface area contributed by atoms with Crippen molar-refractivity contribution in [3.05, 3.63) is 29.8 Å². The molecule has 5 nitrogen and oxygen atoms in total. The Morgan fingerprint density at radius 1 is 1.32 bits per heavy atom. The first-order chi connectivity index (χ1) is 10.3. The Hall–Kier alpha value is -2.04. The molecule has 1 amide bonds. The van der Waals surface area contributed by atoms with Gasteiger partial charge >= 0.3 is 11.9 Å². The van der Waals surface area contributed by atoms with E-state index in [2.05, 4.69) is 26.8 Å². The SMILES string of the molecule is CC(C)(C)c1ccccc1OCC1CCN(C(=O)C(=O)O)C1. The number of hydrogen-bond donors (Lipinski definition) is 1. The van der Waals surface area contributed by atoms with Gasteiger partial charge in [-0.1, -0.05) is 39.0 Å². The van der Waals surface area contributed by atoms with Crippen molar-refractivity contribution in [3.63, 3.8) is 0 Å². The van der Waals surface area contributed by atoms with Gasteiger partial charge in [-0.3, -0.25) is 4.79 Å². The zero-order chi connectivity index (χ0) is 16.3. The Labute approximate surface area is 130 Å². The zero-order valence-electron chi connectivity index (χ0n) is 13.3. The van der Waals surface area contributed by atoms with Gasteiger partial charge in [0.1, 0.15) is 5.75 Å². The van der Waals surface area contributed by atoms with Gasteiger partial charge in [0.2, 0.25) is 0 Å². The first-order valence-corrected chi connectivity index (χ1v) is 7.53. The number of hydrogen-bond acceptors (Lipinski definition) is 3. The lowest BCUT2D eigenvalue weighted by molar-refractivity contribution is -0.155. The number of para-hydroxylation sites is 1. The lowest BCUT2D eigenvalue weighted by Gasteiger charge is -2.23. The summed E-state index contributed by atoms with van der Waals surface area (Å²) in [5.74, 6) is -1.17. The maximum absolute atomic E-state index is 11.4. The molecule has 1 saturated heterocycles. The summed E-state index contributed by atoms with van der Waals surface area (Å²) in [6.07, 6.45) is 0.775. The van der Waals surface area contributed by atoms with Crippen LogP contribution in [-0.4, -0.2) is 41.6 Å². The summed E-state index contributed by atoms with van der Waals surface area (Å²) in [4.78, 5) is 23.5. The molecule has 1 N–H and O–H groups in total. The minimum atomic E-state index is -1.39. The predicted molar refractivity (Wildman–Crippen MR) is 83.0 cm³/mol. The smallest absolute Gasteiger partial charge is 0.394 e. The fraction of sp³-hybridized carbons (Fsp3) is 0.529.